The number of hydrogen-bond acceptors (Lipinski definition) is 3. The molecule has 0 amide bonds. The van der Waals surface area contributed by atoms with Crippen molar-refractivity contribution in [2.24, 2.45) is 0 Å². The van der Waals surface area contributed by atoms with Gasteiger partial charge in [-0.15, -0.1) is 0 Å². The summed E-state index contributed by atoms with van der Waals surface area (Å²) in [7, 11) is 1.15. The lowest BCUT2D eigenvalue weighted by atomic mass is 10.2. The number of alkyl halides is 3. The van der Waals surface area contributed by atoms with Crippen molar-refractivity contribution in [1.29, 1.82) is 0 Å². The molecule has 1 rings (SSSR count). The maximum absolute atomic E-state index is 12.2. The summed E-state index contributed by atoms with van der Waals surface area (Å²) in [5.74, 6) is -1.49. The van der Waals surface area contributed by atoms with Gasteiger partial charge in [-0.1, -0.05) is 0 Å². The van der Waals surface area contributed by atoms with Crippen LogP contribution in [0.25, 0.3) is 0 Å². The SMILES string of the molecule is Cc1ccc(C(=O)O)c(N(C)CC(F)(F)F)n1. The first-order valence-corrected chi connectivity index (χ1v) is 4.69. The molecule has 0 spiro atoms. The van der Waals surface area contributed by atoms with Gasteiger partial charge in [0.25, 0.3) is 0 Å². The second-order valence-electron chi connectivity index (χ2n) is 3.60. The smallest absolute Gasteiger partial charge is 0.405 e. The molecule has 7 heteroatoms. The van der Waals surface area contributed by atoms with E-state index in [0.29, 0.717) is 5.69 Å². The summed E-state index contributed by atoms with van der Waals surface area (Å²) in [6.07, 6.45) is -4.41. The number of rotatable bonds is 3. The van der Waals surface area contributed by atoms with Crippen molar-refractivity contribution < 1.29 is 23.1 Å². The van der Waals surface area contributed by atoms with E-state index in [1.54, 1.807) is 6.92 Å². The lowest BCUT2D eigenvalue weighted by Crippen LogP contribution is -2.32. The first-order valence-electron chi connectivity index (χ1n) is 4.69. The Hall–Kier alpha value is -1.79. The second-order valence-corrected chi connectivity index (χ2v) is 3.60. The normalized spacial score (nSPS) is 11.4. The average Bonchev–Trinajstić information content (AvgIpc) is 2.14. The molecule has 0 aliphatic carbocycles. The van der Waals surface area contributed by atoms with Gasteiger partial charge in [0.05, 0.1) is 0 Å². The van der Waals surface area contributed by atoms with Crippen LogP contribution in [0.1, 0.15) is 16.1 Å². The monoisotopic (exact) mass is 248 g/mol. The zero-order valence-electron chi connectivity index (χ0n) is 9.25. The van der Waals surface area contributed by atoms with E-state index in [1.165, 1.54) is 12.1 Å². The maximum atomic E-state index is 12.2. The van der Waals surface area contributed by atoms with Gasteiger partial charge in [0.1, 0.15) is 17.9 Å². The third-order valence-corrected chi connectivity index (χ3v) is 2.02. The Morgan fingerprint density at radius 2 is 2.06 bits per heavy atom. The predicted molar refractivity (Wildman–Crippen MR) is 55.3 cm³/mol. The zero-order valence-corrected chi connectivity index (χ0v) is 9.25. The summed E-state index contributed by atoms with van der Waals surface area (Å²) in [6, 6.07) is 2.68. The molecule has 0 aliphatic heterocycles. The lowest BCUT2D eigenvalue weighted by molar-refractivity contribution is -0.119. The van der Waals surface area contributed by atoms with E-state index >= 15 is 0 Å². The standard InChI is InChI=1S/C10H11F3N2O2/c1-6-3-4-7(9(16)17)8(14-6)15(2)5-10(11,12)13/h3-4H,5H2,1-2H3,(H,16,17). The molecule has 0 saturated carbocycles. The molecular formula is C10H11F3N2O2. The van der Waals surface area contributed by atoms with Crippen LogP contribution in [0.3, 0.4) is 0 Å². The van der Waals surface area contributed by atoms with E-state index in [4.69, 9.17) is 5.11 Å². The van der Waals surface area contributed by atoms with E-state index in [0.717, 1.165) is 11.9 Å². The zero-order chi connectivity index (χ0) is 13.2. The van der Waals surface area contributed by atoms with Gasteiger partial charge in [-0.3, -0.25) is 0 Å². The highest BCUT2D eigenvalue weighted by Crippen LogP contribution is 2.22. The van der Waals surface area contributed by atoms with Crippen molar-refractivity contribution in [1.82, 2.24) is 4.98 Å². The number of pyridine rings is 1. The predicted octanol–water partition coefficient (Wildman–Crippen LogP) is 2.09. The highest BCUT2D eigenvalue weighted by molar-refractivity contribution is 5.93. The van der Waals surface area contributed by atoms with Gasteiger partial charge in [0, 0.05) is 12.7 Å². The fourth-order valence-corrected chi connectivity index (χ4v) is 1.34. The van der Waals surface area contributed by atoms with E-state index in [2.05, 4.69) is 4.98 Å². The highest BCUT2D eigenvalue weighted by atomic mass is 19.4. The fraction of sp³-hybridized carbons (Fsp3) is 0.400. The number of carbonyl (C=O) groups is 1. The molecule has 0 aromatic carbocycles. The van der Waals surface area contributed by atoms with Gasteiger partial charge in [-0.25, -0.2) is 9.78 Å². The van der Waals surface area contributed by atoms with E-state index in [9.17, 15) is 18.0 Å². The number of carboxylic acids is 1. The molecule has 0 saturated heterocycles. The number of anilines is 1. The molecule has 1 aromatic heterocycles. The van der Waals surface area contributed by atoms with Crippen molar-refractivity contribution >= 4 is 11.8 Å². The van der Waals surface area contributed by atoms with Gasteiger partial charge >= 0.3 is 12.1 Å². The Labute approximate surface area is 95.7 Å². The maximum Gasteiger partial charge on any atom is 0.405 e. The minimum atomic E-state index is -4.41. The summed E-state index contributed by atoms with van der Waals surface area (Å²) in [6.45, 7) is 0.334. The molecule has 4 nitrogen and oxygen atoms in total. The van der Waals surface area contributed by atoms with Crippen LogP contribution in [0, 0.1) is 6.92 Å². The number of nitrogens with zero attached hydrogens (tertiary/aromatic N) is 2. The Balaban J connectivity index is 3.10. The summed E-state index contributed by atoms with van der Waals surface area (Å²) in [4.78, 5) is 15.5. The highest BCUT2D eigenvalue weighted by Gasteiger charge is 2.31. The van der Waals surface area contributed by atoms with E-state index in [1.807, 2.05) is 0 Å². The summed E-state index contributed by atoms with van der Waals surface area (Å²) >= 11 is 0. The van der Waals surface area contributed by atoms with E-state index in [-0.39, 0.29) is 11.4 Å². The average molecular weight is 248 g/mol. The van der Waals surface area contributed by atoms with Crippen LogP contribution in [-0.2, 0) is 0 Å². The van der Waals surface area contributed by atoms with Crippen molar-refractivity contribution in [3.05, 3.63) is 23.4 Å². The topological polar surface area (TPSA) is 53.4 Å². The van der Waals surface area contributed by atoms with Crippen LogP contribution in [0.2, 0.25) is 0 Å². The molecule has 0 atom stereocenters. The van der Waals surface area contributed by atoms with Crippen LogP contribution in [0.4, 0.5) is 19.0 Å². The molecule has 1 aromatic rings. The third kappa shape index (κ3) is 3.61. The number of aromatic nitrogens is 1. The van der Waals surface area contributed by atoms with Gasteiger partial charge in [-0.05, 0) is 19.1 Å². The Morgan fingerprint density at radius 3 is 2.53 bits per heavy atom. The molecule has 0 aliphatic rings. The van der Waals surface area contributed by atoms with Crippen LogP contribution >= 0.6 is 0 Å². The third-order valence-electron chi connectivity index (χ3n) is 2.02. The Morgan fingerprint density at radius 1 is 1.47 bits per heavy atom. The molecule has 0 fully saturated rings. The number of aromatic carboxylic acids is 1. The minimum absolute atomic E-state index is 0.185. The van der Waals surface area contributed by atoms with Crippen LogP contribution in [0.5, 0.6) is 0 Å². The largest absolute Gasteiger partial charge is 0.478 e. The van der Waals surface area contributed by atoms with Gasteiger partial charge in [-0.2, -0.15) is 13.2 Å². The summed E-state index contributed by atoms with van der Waals surface area (Å²) in [5.41, 5.74) is 0.210. The van der Waals surface area contributed by atoms with Crippen molar-refractivity contribution in [3.63, 3.8) is 0 Å². The molecule has 94 valence electrons. The molecular weight excluding hydrogens is 237 g/mol. The molecule has 0 unspecified atom stereocenters. The molecule has 17 heavy (non-hydrogen) atoms. The van der Waals surface area contributed by atoms with Gasteiger partial charge in [0.15, 0.2) is 0 Å². The quantitative estimate of drug-likeness (QED) is 0.889. The Kier molecular flexibility index (Phi) is 3.59. The van der Waals surface area contributed by atoms with Crippen molar-refractivity contribution in [2.45, 2.75) is 13.1 Å². The number of carboxylic acid groups (broad SMARTS) is 1. The first-order chi connectivity index (χ1) is 7.70. The second kappa shape index (κ2) is 4.60. The molecule has 0 bridgehead atoms. The van der Waals surface area contributed by atoms with E-state index < -0.39 is 18.7 Å². The van der Waals surface area contributed by atoms with Crippen molar-refractivity contribution in [3.8, 4) is 0 Å². The van der Waals surface area contributed by atoms with Crippen molar-refractivity contribution in [2.75, 3.05) is 18.5 Å². The lowest BCUT2D eigenvalue weighted by Gasteiger charge is -2.21. The molecule has 1 heterocycles. The molecule has 0 radical (unpaired) electrons. The van der Waals surface area contributed by atoms with Crippen LogP contribution in [0.15, 0.2) is 12.1 Å². The first kappa shape index (κ1) is 13.3. The van der Waals surface area contributed by atoms with Gasteiger partial charge < -0.3 is 10.0 Å². The van der Waals surface area contributed by atoms with Crippen LogP contribution < -0.4 is 4.90 Å². The number of aryl methyl sites for hydroxylation is 1. The Bertz CT molecular complexity index is 432. The summed E-state index contributed by atoms with van der Waals surface area (Å²) < 4.78 is 36.6. The minimum Gasteiger partial charge on any atom is -0.478 e. The van der Waals surface area contributed by atoms with Crippen LogP contribution in [-0.4, -0.2) is 35.8 Å². The number of halogens is 3. The molecule has 1 N–H and O–H groups in total. The fourth-order valence-electron chi connectivity index (χ4n) is 1.34. The van der Waals surface area contributed by atoms with Gasteiger partial charge in [0.2, 0.25) is 0 Å². The summed E-state index contributed by atoms with van der Waals surface area (Å²) in [5, 5.41) is 8.86. The number of hydrogen-bond donors (Lipinski definition) is 1.